The minimum absolute atomic E-state index is 0.172. The number of carbonyl (C=O) groups is 1. The number of rotatable bonds is 1. The molecule has 0 bridgehead atoms. The van der Waals surface area contributed by atoms with Crippen molar-refractivity contribution >= 4 is 29.3 Å². The Morgan fingerprint density at radius 2 is 1.71 bits per heavy atom. The molecule has 88 valence electrons. The van der Waals surface area contributed by atoms with Gasteiger partial charge in [0.15, 0.2) is 5.11 Å². The fraction of sp³-hybridized carbons (Fsp3) is 0.231. The molecule has 1 aliphatic heterocycles. The van der Waals surface area contributed by atoms with E-state index in [9.17, 15) is 4.79 Å². The van der Waals surface area contributed by atoms with E-state index in [2.05, 4.69) is 29.7 Å². The van der Waals surface area contributed by atoms with Gasteiger partial charge >= 0.3 is 0 Å². The monoisotopic (exact) mass is 246 g/mol. The minimum Gasteiger partial charge on any atom is -0.328 e. The van der Waals surface area contributed by atoms with Crippen molar-refractivity contribution in [3.05, 3.63) is 40.1 Å². The Morgan fingerprint density at radius 3 is 2.18 bits per heavy atom. The van der Waals surface area contributed by atoms with Gasteiger partial charge in [0.1, 0.15) is 5.70 Å². The third kappa shape index (κ3) is 2.36. The first-order valence-corrected chi connectivity index (χ1v) is 5.80. The van der Waals surface area contributed by atoms with Gasteiger partial charge < -0.3 is 5.32 Å². The molecule has 1 aliphatic rings. The molecule has 2 N–H and O–H groups in total. The number of hydrogen-bond donors (Lipinski definition) is 2. The Balaban J connectivity index is 2.46. The average Bonchev–Trinajstić information content (AvgIpc) is 2.51. The number of benzene rings is 1. The van der Waals surface area contributed by atoms with Crippen molar-refractivity contribution in [3.8, 4) is 0 Å². The van der Waals surface area contributed by atoms with Crippen molar-refractivity contribution in [1.82, 2.24) is 10.6 Å². The smallest absolute Gasteiger partial charge is 0.273 e. The molecule has 1 aromatic carbocycles. The number of aryl methyl sites for hydroxylation is 3. The molecule has 0 radical (unpaired) electrons. The van der Waals surface area contributed by atoms with Crippen LogP contribution in [0.1, 0.15) is 22.3 Å². The van der Waals surface area contributed by atoms with Crippen LogP contribution < -0.4 is 10.6 Å². The van der Waals surface area contributed by atoms with Gasteiger partial charge in [-0.2, -0.15) is 0 Å². The maximum absolute atomic E-state index is 11.5. The summed E-state index contributed by atoms with van der Waals surface area (Å²) in [5, 5.41) is 5.77. The van der Waals surface area contributed by atoms with Gasteiger partial charge in [0.25, 0.3) is 5.91 Å². The quantitative estimate of drug-likeness (QED) is 0.588. The van der Waals surface area contributed by atoms with Crippen LogP contribution in [0.4, 0.5) is 0 Å². The maximum Gasteiger partial charge on any atom is 0.273 e. The van der Waals surface area contributed by atoms with E-state index < -0.39 is 0 Å². The van der Waals surface area contributed by atoms with Crippen LogP contribution in [-0.2, 0) is 4.79 Å². The highest BCUT2D eigenvalue weighted by atomic mass is 32.1. The molecule has 0 unspecified atom stereocenters. The number of amides is 1. The highest BCUT2D eigenvalue weighted by Crippen LogP contribution is 2.19. The van der Waals surface area contributed by atoms with Crippen LogP contribution >= 0.6 is 12.2 Å². The van der Waals surface area contributed by atoms with Gasteiger partial charge in [0.05, 0.1) is 0 Å². The third-order valence-electron chi connectivity index (χ3n) is 2.75. The molecule has 1 saturated heterocycles. The summed E-state index contributed by atoms with van der Waals surface area (Å²) >= 11 is 4.89. The Labute approximate surface area is 106 Å². The van der Waals surface area contributed by atoms with E-state index in [0.29, 0.717) is 10.8 Å². The zero-order valence-electron chi connectivity index (χ0n) is 10.0. The molecular formula is C13H14N2OS. The summed E-state index contributed by atoms with van der Waals surface area (Å²) in [5.41, 5.74) is 5.11. The summed E-state index contributed by atoms with van der Waals surface area (Å²) in [7, 11) is 0. The van der Waals surface area contributed by atoms with E-state index in [0.717, 1.165) is 16.7 Å². The van der Waals surface area contributed by atoms with Crippen molar-refractivity contribution in [2.75, 3.05) is 0 Å². The van der Waals surface area contributed by atoms with E-state index in [1.165, 1.54) is 5.56 Å². The van der Waals surface area contributed by atoms with E-state index >= 15 is 0 Å². The van der Waals surface area contributed by atoms with E-state index in [1.54, 1.807) is 0 Å². The lowest BCUT2D eigenvalue weighted by molar-refractivity contribution is -0.115. The fourth-order valence-corrected chi connectivity index (χ4v) is 2.25. The molecule has 0 saturated carbocycles. The predicted octanol–water partition coefficient (Wildman–Crippen LogP) is 1.96. The number of nitrogens with one attached hydrogen (secondary N) is 2. The summed E-state index contributed by atoms with van der Waals surface area (Å²) in [6.45, 7) is 6.14. The number of thiocarbonyl (C=S) groups is 1. The van der Waals surface area contributed by atoms with Crippen LogP contribution in [-0.4, -0.2) is 11.0 Å². The molecule has 0 aliphatic carbocycles. The fourth-order valence-electron chi connectivity index (χ4n) is 2.05. The molecule has 17 heavy (non-hydrogen) atoms. The molecular weight excluding hydrogens is 232 g/mol. The van der Waals surface area contributed by atoms with E-state index in [1.807, 2.05) is 19.9 Å². The first-order chi connectivity index (χ1) is 7.97. The van der Waals surface area contributed by atoms with Crippen molar-refractivity contribution in [2.24, 2.45) is 0 Å². The van der Waals surface area contributed by atoms with Gasteiger partial charge in [-0.3, -0.25) is 10.1 Å². The SMILES string of the molecule is Cc1cc(C)c(/C=C2/NC(=S)NC2=O)c(C)c1. The maximum atomic E-state index is 11.5. The second-order valence-corrected chi connectivity index (χ2v) is 4.69. The van der Waals surface area contributed by atoms with Gasteiger partial charge in [-0.1, -0.05) is 17.7 Å². The van der Waals surface area contributed by atoms with Crippen molar-refractivity contribution in [3.63, 3.8) is 0 Å². The summed E-state index contributed by atoms with van der Waals surface area (Å²) in [6.07, 6.45) is 1.85. The summed E-state index contributed by atoms with van der Waals surface area (Å²) < 4.78 is 0. The molecule has 1 amide bonds. The first-order valence-electron chi connectivity index (χ1n) is 5.39. The van der Waals surface area contributed by atoms with Crippen LogP contribution in [0.15, 0.2) is 17.8 Å². The van der Waals surface area contributed by atoms with Crippen molar-refractivity contribution in [2.45, 2.75) is 20.8 Å². The van der Waals surface area contributed by atoms with Gasteiger partial charge in [0, 0.05) is 0 Å². The average molecular weight is 246 g/mol. The molecule has 2 rings (SSSR count). The second kappa shape index (κ2) is 4.30. The van der Waals surface area contributed by atoms with Crippen molar-refractivity contribution < 1.29 is 4.79 Å². The molecule has 3 nitrogen and oxygen atoms in total. The number of carbonyl (C=O) groups excluding carboxylic acids is 1. The molecule has 1 aromatic rings. The summed E-state index contributed by atoms with van der Waals surface area (Å²) in [5.74, 6) is -0.172. The van der Waals surface area contributed by atoms with Crippen LogP contribution in [0.25, 0.3) is 6.08 Å². The molecule has 1 heterocycles. The molecule has 0 aromatic heterocycles. The molecule has 4 heteroatoms. The largest absolute Gasteiger partial charge is 0.328 e. The van der Waals surface area contributed by atoms with Crippen LogP contribution in [0.2, 0.25) is 0 Å². The third-order valence-corrected chi connectivity index (χ3v) is 2.95. The standard InChI is InChI=1S/C13H14N2OS/c1-7-4-8(2)10(9(3)5-7)6-11-12(16)15-13(17)14-11/h4-6H,1-3H3,(H2,14,15,16,17)/b11-6+. The minimum atomic E-state index is -0.172. The molecule has 0 spiro atoms. The topological polar surface area (TPSA) is 41.1 Å². The second-order valence-electron chi connectivity index (χ2n) is 4.28. The van der Waals surface area contributed by atoms with Gasteiger partial charge in [0.2, 0.25) is 0 Å². The van der Waals surface area contributed by atoms with Gasteiger partial charge in [-0.15, -0.1) is 0 Å². The highest BCUT2D eigenvalue weighted by molar-refractivity contribution is 7.80. The van der Waals surface area contributed by atoms with Crippen LogP contribution in [0.5, 0.6) is 0 Å². The summed E-state index contributed by atoms with van der Waals surface area (Å²) in [4.78, 5) is 11.5. The van der Waals surface area contributed by atoms with E-state index in [-0.39, 0.29) is 5.91 Å². The zero-order chi connectivity index (χ0) is 12.6. The predicted molar refractivity (Wildman–Crippen MR) is 72.5 cm³/mol. The number of hydrogen-bond acceptors (Lipinski definition) is 2. The molecule has 1 fully saturated rings. The summed E-state index contributed by atoms with van der Waals surface area (Å²) in [6, 6.07) is 4.20. The first kappa shape index (κ1) is 11.8. The van der Waals surface area contributed by atoms with E-state index in [4.69, 9.17) is 12.2 Å². The zero-order valence-corrected chi connectivity index (χ0v) is 10.9. The lowest BCUT2D eigenvalue weighted by Crippen LogP contribution is -2.21. The Hall–Kier alpha value is -1.68. The Kier molecular flexibility index (Phi) is 2.98. The highest BCUT2D eigenvalue weighted by Gasteiger charge is 2.20. The van der Waals surface area contributed by atoms with Crippen LogP contribution in [0, 0.1) is 20.8 Å². The van der Waals surface area contributed by atoms with Crippen LogP contribution in [0.3, 0.4) is 0 Å². The van der Waals surface area contributed by atoms with Gasteiger partial charge in [-0.25, -0.2) is 0 Å². The normalized spacial score (nSPS) is 17.2. The lowest BCUT2D eigenvalue weighted by atomic mass is 9.99. The van der Waals surface area contributed by atoms with Crippen molar-refractivity contribution in [1.29, 1.82) is 0 Å². The van der Waals surface area contributed by atoms with Gasteiger partial charge in [-0.05, 0) is 55.8 Å². The Morgan fingerprint density at radius 1 is 1.12 bits per heavy atom. The Bertz CT molecular complexity index is 523. The lowest BCUT2D eigenvalue weighted by Gasteiger charge is -2.07. The molecule has 0 atom stereocenters.